The largest absolute Gasteiger partial charge is 0.456 e. The normalized spacial score (nSPS) is 10.4. The van der Waals surface area contributed by atoms with Crippen LogP contribution in [0.5, 0.6) is 11.5 Å². The van der Waals surface area contributed by atoms with E-state index in [-0.39, 0.29) is 0 Å². The van der Waals surface area contributed by atoms with Crippen LogP contribution in [0.15, 0.2) is 36.4 Å². The van der Waals surface area contributed by atoms with Crippen LogP contribution in [-0.2, 0) is 17.6 Å². The molecule has 0 N–H and O–H groups in total. The van der Waals surface area contributed by atoms with Crippen molar-refractivity contribution in [3.63, 3.8) is 0 Å². The average Bonchev–Trinajstić information content (AvgIpc) is 2.48. The number of benzene rings is 2. The van der Waals surface area contributed by atoms with Crippen molar-refractivity contribution in [2.75, 3.05) is 0 Å². The summed E-state index contributed by atoms with van der Waals surface area (Å²) in [4.78, 5) is 10.5. The molecule has 0 saturated carbocycles. The first-order valence-corrected chi connectivity index (χ1v) is 7.58. The summed E-state index contributed by atoms with van der Waals surface area (Å²) in [6, 6.07) is 11.0. The molecular weight excluding hydrogens is 307 g/mol. The number of hydrogen-bond acceptors (Lipinski definition) is 2. The van der Waals surface area contributed by atoms with Crippen molar-refractivity contribution in [3.05, 3.63) is 57.6 Å². The molecule has 0 radical (unpaired) electrons. The third-order valence-corrected chi connectivity index (χ3v) is 3.74. The van der Waals surface area contributed by atoms with Crippen molar-refractivity contribution in [2.24, 2.45) is 0 Å². The molecule has 2 nitrogen and oxygen atoms in total. The summed E-state index contributed by atoms with van der Waals surface area (Å²) in [6.45, 7) is 2.08. The molecule has 2 aromatic carbocycles. The lowest BCUT2D eigenvalue weighted by Gasteiger charge is -2.12. The van der Waals surface area contributed by atoms with Gasteiger partial charge in [-0.2, -0.15) is 0 Å². The maximum atomic E-state index is 10.5. The van der Waals surface area contributed by atoms with Crippen LogP contribution in [0.2, 0.25) is 10.0 Å². The molecule has 0 unspecified atom stereocenters. The lowest BCUT2D eigenvalue weighted by molar-refractivity contribution is -0.107. The quantitative estimate of drug-likeness (QED) is 0.658. The molecule has 2 aromatic rings. The zero-order chi connectivity index (χ0) is 15.2. The van der Waals surface area contributed by atoms with Crippen LogP contribution in [0.3, 0.4) is 0 Å². The summed E-state index contributed by atoms with van der Waals surface area (Å²) in [5, 5.41) is 1.05. The maximum absolute atomic E-state index is 10.5. The first kappa shape index (κ1) is 15.9. The number of rotatable bonds is 6. The molecule has 0 aliphatic heterocycles. The molecule has 0 aliphatic carbocycles. The van der Waals surface area contributed by atoms with Gasteiger partial charge in [0.05, 0.1) is 5.02 Å². The molecule has 0 heterocycles. The molecule has 0 aliphatic rings. The van der Waals surface area contributed by atoms with E-state index in [0.717, 1.165) is 24.9 Å². The summed E-state index contributed by atoms with van der Waals surface area (Å²) >= 11 is 12.0. The van der Waals surface area contributed by atoms with Gasteiger partial charge in [-0.25, -0.2) is 0 Å². The van der Waals surface area contributed by atoms with Gasteiger partial charge in [0.15, 0.2) is 0 Å². The van der Waals surface area contributed by atoms with Gasteiger partial charge in [0.25, 0.3) is 0 Å². The van der Waals surface area contributed by atoms with Crippen LogP contribution in [-0.4, -0.2) is 6.29 Å². The summed E-state index contributed by atoms with van der Waals surface area (Å²) in [5.74, 6) is 1.30. The maximum Gasteiger partial charge on any atom is 0.146 e. The van der Waals surface area contributed by atoms with E-state index in [1.54, 1.807) is 18.2 Å². The Kier molecular flexibility index (Phi) is 5.66. The second kappa shape index (κ2) is 7.48. The fraction of sp³-hybridized carbons (Fsp3) is 0.235. The van der Waals surface area contributed by atoms with Gasteiger partial charge in [0, 0.05) is 11.4 Å². The number of carbonyl (C=O) groups excluding carboxylic acids is 1. The summed E-state index contributed by atoms with van der Waals surface area (Å²) in [5.41, 5.74) is 2.36. The van der Waals surface area contributed by atoms with E-state index >= 15 is 0 Å². The third kappa shape index (κ3) is 4.23. The van der Waals surface area contributed by atoms with Crippen molar-refractivity contribution in [3.8, 4) is 11.5 Å². The molecular formula is C17H16Cl2O2. The van der Waals surface area contributed by atoms with Gasteiger partial charge >= 0.3 is 0 Å². The van der Waals surface area contributed by atoms with Gasteiger partial charge in [-0.15, -0.1) is 0 Å². The minimum atomic E-state index is 0.477. The number of aldehydes is 1. The fourth-order valence-corrected chi connectivity index (χ4v) is 2.59. The fourth-order valence-electron chi connectivity index (χ4n) is 2.14. The lowest BCUT2D eigenvalue weighted by Crippen LogP contribution is -1.95. The van der Waals surface area contributed by atoms with Crippen LogP contribution in [0.4, 0.5) is 0 Å². The topological polar surface area (TPSA) is 26.3 Å². The van der Waals surface area contributed by atoms with Crippen LogP contribution >= 0.6 is 23.2 Å². The van der Waals surface area contributed by atoms with Gasteiger partial charge in [-0.05, 0) is 54.3 Å². The zero-order valence-corrected chi connectivity index (χ0v) is 13.2. The second-order valence-electron chi connectivity index (χ2n) is 4.67. The molecule has 4 heteroatoms. The van der Waals surface area contributed by atoms with Crippen LogP contribution in [0, 0.1) is 0 Å². The van der Waals surface area contributed by atoms with Gasteiger partial charge in [-0.1, -0.05) is 36.2 Å². The molecule has 2 rings (SSSR count). The minimum Gasteiger partial charge on any atom is -0.456 e. The first-order chi connectivity index (χ1) is 10.1. The van der Waals surface area contributed by atoms with Crippen LogP contribution in [0.25, 0.3) is 0 Å². The molecule has 110 valence electrons. The summed E-state index contributed by atoms with van der Waals surface area (Å²) in [6.07, 6.45) is 3.13. The van der Waals surface area contributed by atoms with Crippen molar-refractivity contribution < 1.29 is 9.53 Å². The molecule has 0 bridgehead atoms. The highest BCUT2D eigenvalue weighted by Crippen LogP contribution is 2.32. The Morgan fingerprint density at radius 2 is 1.90 bits per heavy atom. The Morgan fingerprint density at radius 1 is 1.10 bits per heavy atom. The summed E-state index contributed by atoms with van der Waals surface area (Å²) in [7, 11) is 0. The molecule has 21 heavy (non-hydrogen) atoms. The van der Waals surface area contributed by atoms with E-state index in [4.69, 9.17) is 27.9 Å². The minimum absolute atomic E-state index is 0.477. The van der Waals surface area contributed by atoms with Crippen molar-refractivity contribution in [1.82, 2.24) is 0 Å². The van der Waals surface area contributed by atoms with E-state index in [9.17, 15) is 4.79 Å². The van der Waals surface area contributed by atoms with Crippen molar-refractivity contribution in [2.45, 2.75) is 26.2 Å². The molecule has 0 amide bonds. The van der Waals surface area contributed by atoms with Crippen molar-refractivity contribution in [1.29, 1.82) is 0 Å². The Morgan fingerprint density at radius 3 is 2.57 bits per heavy atom. The third-order valence-electron chi connectivity index (χ3n) is 3.21. The zero-order valence-electron chi connectivity index (χ0n) is 11.7. The molecule has 0 saturated heterocycles. The Hall–Kier alpha value is -1.51. The highest BCUT2D eigenvalue weighted by Gasteiger charge is 2.07. The number of aryl methyl sites for hydroxylation is 2. The molecule has 0 fully saturated rings. The predicted octanol–water partition coefficient (Wildman–Crippen LogP) is 5.48. The SMILES string of the molecule is CCc1cc(Oc2ccc(Cl)cc2Cl)ccc1CCC=O. The Bertz CT molecular complexity index is 639. The smallest absolute Gasteiger partial charge is 0.146 e. The Labute approximate surface area is 134 Å². The van der Waals surface area contributed by atoms with Crippen LogP contribution < -0.4 is 4.74 Å². The van der Waals surface area contributed by atoms with E-state index in [2.05, 4.69) is 6.92 Å². The van der Waals surface area contributed by atoms with E-state index in [1.807, 2.05) is 18.2 Å². The monoisotopic (exact) mass is 322 g/mol. The van der Waals surface area contributed by atoms with E-state index in [0.29, 0.717) is 22.2 Å². The average molecular weight is 323 g/mol. The van der Waals surface area contributed by atoms with Crippen LogP contribution in [0.1, 0.15) is 24.5 Å². The number of ether oxygens (including phenoxy) is 1. The standard InChI is InChI=1S/C17H16Cl2O2/c1-2-12-10-15(7-5-13(12)4-3-9-20)21-17-8-6-14(18)11-16(17)19/h5-11H,2-4H2,1H3. The number of hydrogen-bond donors (Lipinski definition) is 0. The highest BCUT2D eigenvalue weighted by atomic mass is 35.5. The summed E-state index contributed by atoms with van der Waals surface area (Å²) < 4.78 is 5.81. The molecule has 0 aromatic heterocycles. The molecule has 0 spiro atoms. The highest BCUT2D eigenvalue weighted by molar-refractivity contribution is 6.35. The predicted molar refractivity (Wildman–Crippen MR) is 86.7 cm³/mol. The number of halogens is 2. The second-order valence-corrected chi connectivity index (χ2v) is 5.51. The number of carbonyl (C=O) groups is 1. The van der Waals surface area contributed by atoms with E-state index < -0.39 is 0 Å². The van der Waals surface area contributed by atoms with Gasteiger partial charge in [0.1, 0.15) is 17.8 Å². The first-order valence-electron chi connectivity index (χ1n) is 6.82. The lowest BCUT2D eigenvalue weighted by atomic mass is 10.0. The molecule has 0 atom stereocenters. The van der Waals surface area contributed by atoms with E-state index in [1.165, 1.54) is 11.1 Å². The van der Waals surface area contributed by atoms with Crippen molar-refractivity contribution >= 4 is 29.5 Å². The Balaban J connectivity index is 2.22. The van der Waals surface area contributed by atoms with Gasteiger partial charge < -0.3 is 9.53 Å². The van der Waals surface area contributed by atoms with Gasteiger partial charge in [-0.3, -0.25) is 0 Å². The van der Waals surface area contributed by atoms with Gasteiger partial charge in [0.2, 0.25) is 0 Å².